The first kappa shape index (κ1) is 19.3. The largest absolute Gasteiger partial charge is 0.493 e. The number of hydrogen-bond donors (Lipinski definition) is 2. The van der Waals surface area contributed by atoms with E-state index in [0.29, 0.717) is 30.6 Å². The summed E-state index contributed by atoms with van der Waals surface area (Å²) < 4.78 is 16.3. The van der Waals surface area contributed by atoms with E-state index in [0.717, 1.165) is 22.7 Å². The number of nitrogens with one attached hydrogen (secondary N) is 2. The third-order valence-corrected chi connectivity index (χ3v) is 4.00. The summed E-state index contributed by atoms with van der Waals surface area (Å²) in [5.74, 6) is 2.70. The minimum absolute atomic E-state index is 0.477. The van der Waals surface area contributed by atoms with Crippen molar-refractivity contribution < 1.29 is 14.0 Å². The zero-order chi connectivity index (χ0) is 19.8. The Balaban J connectivity index is 1.63. The molecule has 0 aliphatic carbocycles. The van der Waals surface area contributed by atoms with E-state index in [1.807, 2.05) is 61.5 Å². The SMILES string of the molecule is CCOc1cc(NC(=NC)NCc2cc(-c3ccccc3)on2)ccc1OC. The highest BCUT2D eigenvalue weighted by molar-refractivity contribution is 5.93. The van der Waals surface area contributed by atoms with Crippen molar-refractivity contribution in [3.63, 3.8) is 0 Å². The Hall–Kier alpha value is -3.48. The number of rotatable bonds is 7. The highest BCUT2D eigenvalue weighted by atomic mass is 16.5. The molecule has 1 heterocycles. The highest BCUT2D eigenvalue weighted by Gasteiger charge is 2.09. The molecule has 2 aromatic carbocycles. The van der Waals surface area contributed by atoms with E-state index in [-0.39, 0.29) is 0 Å². The van der Waals surface area contributed by atoms with E-state index in [1.54, 1.807) is 14.2 Å². The predicted molar refractivity (Wildman–Crippen MR) is 110 cm³/mol. The zero-order valence-electron chi connectivity index (χ0n) is 16.2. The van der Waals surface area contributed by atoms with Gasteiger partial charge in [0.05, 0.1) is 20.3 Å². The number of nitrogens with zero attached hydrogens (tertiary/aromatic N) is 2. The van der Waals surface area contributed by atoms with Crippen LogP contribution in [0.15, 0.2) is 64.1 Å². The van der Waals surface area contributed by atoms with Crippen LogP contribution in [0, 0.1) is 0 Å². The molecule has 1 aromatic heterocycles. The Morgan fingerprint density at radius 1 is 1.11 bits per heavy atom. The quantitative estimate of drug-likeness (QED) is 0.477. The third kappa shape index (κ3) is 4.82. The number of aliphatic imine (C=N–C) groups is 1. The van der Waals surface area contributed by atoms with Crippen molar-refractivity contribution in [1.29, 1.82) is 0 Å². The molecule has 0 amide bonds. The average molecular weight is 380 g/mol. The first-order valence-electron chi connectivity index (χ1n) is 9.03. The van der Waals surface area contributed by atoms with Crippen LogP contribution in [0.1, 0.15) is 12.6 Å². The van der Waals surface area contributed by atoms with Crippen molar-refractivity contribution >= 4 is 11.6 Å². The van der Waals surface area contributed by atoms with Crippen LogP contribution in [0.3, 0.4) is 0 Å². The van der Waals surface area contributed by atoms with E-state index in [1.165, 1.54) is 0 Å². The monoisotopic (exact) mass is 380 g/mol. The molecule has 0 atom stereocenters. The second-order valence-electron chi connectivity index (χ2n) is 5.90. The Bertz CT molecular complexity index is 922. The second kappa shape index (κ2) is 9.45. The van der Waals surface area contributed by atoms with Crippen molar-refractivity contribution in [3.8, 4) is 22.8 Å². The molecule has 0 bridgehead atoms. The first-order valence-corrected chi connectivity index (χ1v) is 9.03. The van der Waals surface area contributed by atoms with Crippen molar-refractivity contribution in [3.05, 3.63) is 60.3 Å². The summed E-state index contributed by atoms with van der Waals surface area (Å²) in [5, 5.41) is 10.6. The van der Waals surface area contributed by atoms with E-state index in [4.69, 9.17) is 14.0 Å². The van der Waals surface area contributed by atoms with E-state index < -0.39 is 0 Å². The van der Waals surface area contributed by atoms with Gasteiger partial charge in [0.2, 0.25) is 0 Å². The minimum atomic E-state index is 0.477. The lowest BCUT2D eigenvalue weighted by Gasteiger charge is -2.14. The molecule has 0 unspecified atom stereocenters. The lowest BCUT2D eigenvalue weighted by Crippen LogP contribution is -2.30. The van der Waals surface area contributed by atoms with Crippen LogP contribution >= 0.6 is 0 Å². The maximum atomic E-state index is 5.61. The number of methoxy groups -OCH3 is 1. The lowest BCUT2D eigenvalue weighted by atomic mass is 10.2. The van der Waals surface area contributed by atoms with Crippen molar-refractivity contribution in [1.82, 2.24) is 10.5 Å². The van der Waals surface area contributed by atoms with Crippen LogP contribution < -0.4 is 20.1 Å². The van der Waals surface area contributed by atoms with Crippen molar-refractivity contribution in [2.24, 2.45) is 4.99 Å². The molecule has 0 aliphatic heterocycles. The Labute approximate surface area is 164 Å². The summed E-state index contributed by atoms with van der Waals surface area (Å²) >= 11 is 0. The summed E-state index contributed by atoms with van der Waals surface area (Å²) in [4.78, 5) is 4.25. The number of hydrogen-bond acceptors (Lipinski definition) is 5. The second-order valence-corrected chi connectivity index (χ2v) is 5.90. The van der Waals surface area contributed by atoms with Gasteiger partial charge in [-0.3, -0.25) is 4.99 Å². The molecule has 146 valence electrons. The number of benzene rings is 2. The summed E-state index contributed by atoms with van der Waals surface area (Å²) in [6.07, 6.45) is 0. The fraction of sp³-hybridized carbons (Fsp3) is 0.238. The van der Waals surface area contributed by atoms with E-state index in [2.05, 4.69) is 20.8 Å². The Kier molecular flexibility index (Phi) is 6.51. The van der Waals surface area contributed by atoms with Crippen molar-refractivity contribution in [2.75, 3.05) is 26.1 Å². The molecule has 7 nitrogen and oxygen atoms in total. The normalized spacial score (nSPS) is 11.2. The third-order valence-electron chi connectivity index (χ3n) is 4.00. The van der Waals surface area contributed by atoms with Gasteiger partial charge in [0.1, 0.15) is 5.69 Å². The minimum Gasteiger partial charge on any atom is -0.493 e. The van der Waals surface area contributed by atoms with Crippen LogP contribution in [0.25, 0.3) is 11.3 Å². The van der Waals surface area contributed by atoms with Gasteiger partial charge in [0, 0.05) is 30.4 Å². The summed E-state index contributed by atoms with van der Waals surface area (Å²) in [6.45, 7) is 2.97. The molecule has 3 aromatic rings. The van der Waals surface area contributed by atoms with Crippen LogP contribution in [-0.4, -0.2) is 31.9 Å². The molecule has 0 saturated carbocycles. The zero-order valence-corrected chi connectivity index (χ0v) is 16.2. The summed E-state index contributed by atoms with van der Waals surface area (Å²) in [5.41, 5.74) is 2.61. The van der Waals surface area contributed by atoms with Gasteiger partial charge in [-0.1, -0.05) is 35.5 Å². The van der Waals surface area contributed by atoms with E-state index in [9.17, 15) is 0 Å². The number of aromatic nitrogens is 1. The van der Waals surface area contributed by atoms with Gasteiger partial charge in [-0.05, 0) is 19.1 Å². The standard InChI is InChI=1S/C21H24N4O3/c1-4-27-20-12-16(10-11-18(20)26-3)24-21(22-2)23-14-17-13-19(28-25-17)15-8-6-5-7-9-15/h5-13H,4,14H2,1-3H3,(H2,22,23,24). The van der Waals surface area contributed by atoms with Crippen LogP contribution in [0.4, 0.5) is 5.69 Å². The van der Waals surface area contributed by atoms with Gasteiger partial charge in [-0.25, -0.2) is 0 Å². The fourth-order valence-electron chi connectivity index (χ4n) is 2.65. The molecule has 0 spiro atoms. The molecule has 2 N–H and O–H groups in total. The van der Waals surface area contributed by atoms with Gasteiger partial charge in [-0.15, -0.1) is 0 Å². The van der Waals surface area contributed by atoms with Crippen molar-refractivity contribution in [2.45, 2.75) is 13.5 Å². The number of ether oxygens (including phenoxy) is 2. The fourth-order valence-corrected chi connectivity index (χ4v) is 2.65. The van der Waals surface area contributed by atoms with Gasteiger partial charge >= 0.3 is 0 Å². The Morgan fingerprint density at radius 3 is 2.64 bits per heavy atom. The molecule has 28 heavy (non-hydrogen) atoms. The first-order chi connectivity index (χ1) is 13.7. The predicted octanol–water partition coefficient (Wildman–Crippen LogP) is 3.94. The van der Waals surface area contributed by atoms with Crippen LogP contribution in [0.5, 0.6) is 11.5 Å². The van der Waals surface area contributed by atoms with Gasteiger partial charge in [0.25, 0.3) is 0 Å². The van der Waals surface area contributed by atoms with Gasteiger partial charge in [-0.2, -0.15) is 0 Å². The molecule has 3 rings (SSSR count). The molecule has 0 radical (unpaired) electrons. The molecule has 7 heteroatoms. The lowest BCUT2D eigenvalue weighted by molar-refractivity contribution is 0.311. The summed E-state index contributed by atoms with van der Waals surface area (Å²) in [6, 6.07) is 17.4. The molecule has 0 fully saturated rings. The van der Waals surface area contributed by atoms with Crippen LogP contribution in [-0.2, 0) is 6.54 Å². The average Bonchev–Trinajstić information content (AvgIpc) is 3.21. The highest BCUT2D eigenvalue weighted by Crippen LogP contribution is 2.30. The summed E-state index contributed by atoms with van der Waals surface area (Å²) in [7, 11) is 3.33. The van der Waals surface area contributed by atoms with Gasteiger partial charge < -0.3 is 24.6 Å². The van der Waals surface area contributed by atoms with E-state index >= 15 is 0 Å². The van der Waals surface area contributed by atoms with Crippen LogP contribution in [0.2, 0.25) is 0 Å². The topological polar surface area (TPSA) is 80.9 Å². The number of anilines is 1. The van der Waals surface area contributed by atoms with Gasteiger partial charge in [0.15, 0.2) is 23.2 Å². The molecule has 0 saturated heterocycles. The molecular weight excluding hydrogens is 356 g/mol. The molecule has 0 aliphatic rings. The number of guanidine groups is 1. The Morgan fingerprint density at radius 2 is 1.93 bits per heavy atom. The smallest absolute Gasteiger partial charge is 0.195 e. The maximum absolute atomic E-state index is 5.61. The molecular formula is C21H24N4O3. The maximum Gasteiger partial charge on any atom is 0.195 e.